The van der Waals surface area contributed by atoms with Gasteiger partial charge < -0.3 is 24.6 Å². The van der Waals surface area contributed by atoms with E-state index in [1.54, 1.807) is 7.11 Å². The normalized spacial score (nSPS) is 21.4. The van der Waals surface area contributed by atoms with E-state index in [4.69, 9.17) is 9.47 Å². The van der Waals surface area contributed by atoms with Crippen LogP contribution in [0.3, 0.4) is 0 Å². The molecule has 3 aliphatic heterocycles. The van der Waals surface area contributed by atoms with Crippen molar-refractivity contribution in [3.63, 3.8) is 0 Å². The van der Waals surface area contributed by atoms with Crippen molar-refractivity contribution in [2.75, 3.05) is 51.4 Å². The molecule has 0 bridgehead atoms. The van der Waals surface area contributed by atoms with Gasteiger partial charge in [0.25, 0.3) is 5.91 Å². The minimum absolute atomic E-state index is 0.0863. The Kier molecular flexibility index (Phi) is 6.69. The van der Waals surface area contributed by atoms with Gasteiger partial charge in [-0.2, -0.15) is 0 Å². The molecule has 2 fully saturated rings. The molecule has 3 aliphatic rings. The smallest absolute Gasteiger partial charge is 0.253 e. The Bertz CT molecular complexity index is 725. The zero-order chi connectivity index (χ0) is 20.1. The number of hydrogen-bond donors (Lipinski definition) is 2. The summed E-state index contributed by atoms with van der Waals surface area (Å²) in [5.41, 5.74) is 1.61. The van der Waals surface area contributed by atoms with Crippen LogP contribution in [0.15, 0.2) is 30.5 Å². The molecule has 3 heterocycles. The number of rotatable bonds is 5. The summed E-state index contributed by atoms with van der Waals surface area (Å²) in [5, 5.41) is 6.68. The average Bonchev–Trinajstić information content (AvgIpc) is 2.80. The molecule has 0 radical (unpaired) electrons. The maximum absolute atomic E-state index is 13.1. The zero-order valence-corrected chi connectivity index (χ0v) is 17.2. The molecule has 7 nitrogen and oxygen atoms in total. The van der Waals surface area contributed by atoms with Crippen molar-refractivity contribution in [2.45, 2.75) is 37.9 Å². The predicted octanol–water partition coefficient (Wildman–Crippen LogP) is 1.95. The maximum Gasteiger partial charge on any atom is 0.253 e. The Balaban J connectivity index is 1.38. The van der Waals surface area contributed by atoms with E-state index in [0.717, 1.165) is 69.8 Å². The molecule has 2 N–H and O–H groups in total. The van der Waals surface area contributed by atoms with Gasteiger partial charge in [-0.15, -0.1) is 0 Å². The van der Waals surface area contributed by atoms with E-state index in [1.807, 2.05) is 29.3 Å². The SMILES string of the molecule is COc1ccc(C(=O)N2CCC(OC3CCNCC3)CC2)cc1N1C=CCNC1. The predicted molar refractivity (Wildman–Crippen MR) is 113 cm³/mol. The number of hydrogen-bond acceptors (Lipinski definition) is 6. The second kappa shape index (κ2) is 9.61. The van der Waals surface area contributed by atoms with Gasteiger partial charge in [0.1, 0.15) is 5.75 Å². The Morgan fingerprint density at radius 2 is 1.83 bits per heavy atom. The fraction of sp³-hybridized carbons (Fsp3) is 0.591. The standard InChI is InChI=1S/C22H32N4O3/c1-28-21-4-3-17(15-20(21)26-12-2-9-24-16-26)22(27)25-13-7-19(8-14-25)29-18-5-10-23-11-6-18/h2-4,12,15,18-19,23-24H,5-11,13-14,16H2,1H3. The van der Waals surface area contributed by atoms with Crippen LogP contribution in [0.2, 0.25) is 0 Å². The summed E-state index contributed by atoms with van der Waals surface area (Å²) >= 11 is 0. The largest absolute Gasteiger partial charge is 0.495 e. The van der Waals surface area contributed by atoms with Crippen LogP contribution >= 0.6 is 0 Å². The van der Waals surface area contributed by atoms with Crippen molar-refractivity contribution in [3.05, 3.63) is 36.0 Å². The number of likely N-dealkylation sites (tertiary alicyclic amines) is 1. The molecule has 1 aromatic rings. The molecule has 7 heteroatoms. The van der Waals surface area contributed by atoms with E-state index in [9.17, 15) is 4.79 Å². The summed E-state index contributed by atoms with van der Waals surface area (Å²) in [6, 6.07) is 5.69. The first-order valence-corrected chi connectivity index (χ1v) is 10.7. The third kappa shape index (κ3) is 4.91. The highest BCUT2D eigenvalue weighted by Gasteiger charge is 2.27. The summed E-state index contributed by atoms with van der Waals surface area (Å²) in [4.78, 5) is 17.1. The molecular weight excluding hydrogens is 368 g/mol. The molecule has 0 atom stereocenters. The number of piperidine rings is 2. The molecule has 0 aromatic heterocycles. The van der Waals surface area contributed by atoms with Crippen LogP contribution in [0.1, 0.15) is 36.0 Å². The first-order valence-electron chi connectivity index (χ1n) is 10.7. The Labute approximate surface area is 173 Å². The molecule has 0 unspecified atom stereocenters. The van der Waals surface area contributed by atoms with Crippen molar-refractivity contribution in [1.82, 2.24) is 15.5 Å². The minimum atomic E-state index is 0.0863. The van der Waals surface area contributed by atoms with Gasteiger partial charge in [0.05, 0.1) is 31.7 Å². The van der Waals surface area contributed by atoms with Crippen LogP contribution in [-0.2, 0) is 4.74 Å². The topological polar surface area (TPSA) is 66.1 Å². The number of ether oxygens (including phenoxy) is 2. The van der Waals surface area contributed by atoms with Crippen LogP contribution in [0.5, 0.6) is 5.75 Å². The van der Waals surface area contributed by atoms with Crippen LogP contribution in [0.25, 0.3) is 0 Å². The van der Waals surface area contributed by atoms with Crippen molar-refractivity contribution < 1.29 is 14.3 Å². The van der Waals surface area contributed by atoms with Crippen molar-refractivity contribution >= 4 is 11.6 Å². The van der Waals surface area contributed by atoms with Crippen LogP contribution in [0.4, 0.5) is 5.69 Å². The number of benzene rings is 1. The highest BCUT2D eigenvalue weighted by molar-refractivity contribution is 5.96. The van der Waals surface area contributed by atoms with E-state index in [2.05, 4.69) is 21.6 Å². The molecule has 0 spiro atoms. The fourth-order valence-corrected chi connectivity index (χ4v) is 4.30. The maximum atomic E-state index is 13.1. The van der Waals surface area contributed by atoms with E-state index < -0.39 is 0 Å². The van der Waals surface area contributed by atoms with E-state index >= 15 is 0 Å². The van der Waals surface area contributed by atoms with Crippen LogP contribution < -0.4 is 20.3 Å². The number of methoxy groups -OCH3 is 1. The van der Waals surface area contributed by atoms with E-state index in [1.165, 1.54) is 0 Å². The van der Waals surface area contributed by atoms with Gasteiger partial charge in [-0.05, 0) is 57.0 Å². The first-order chi connectivity index (χ1) is 14.2. The van der Waals surface area contributed by atoms with Crippen molar-refractivity contribution in [2.24, 2.45) is 0 Å². The highest BCUT2D eigenvalue weighted by atomic mass is 16.5. The Morgan fingerprint density at radius 1 is 1.07 bits per heavy atom. The number of nitrogens with one attached hydrogen (secondary N) is 2. The second-order valence-corrected chi connectivity index (χ2v) is 7.93. The molecule has 29 heavy (non-hydrogen) atoms. The molecule has 2 saturated heterocycles. The zero-order valence-electron chi connectivity index (χ0n) is 17.2. The monoisotopic (exact) mass is 400 g/mol. The number of carbonyl (C=O) groups is 1. The lowest BCUT2D eigenvalue weighted by Crippen LogP contribution is -2.43. The Hall–Kier alpha value is -2.09. The highest BCUT2D eigenvalue weighted by Crippen LogP contribution is 2.31. The fourth-order valence-electron chi connectivity index (χ4n) is 4.30. The average molecular weight is 401 g/mol. The Morgan fingerprint density at radius 3 is 2.52 bits per heavy atom. The number of anilines is 1. The summed E-state index contributed by atoms with van der Waals surface area (Å²) in [7, 11) is 1.66. The molecule has 0 saturated carbocycles. The molecular formula is C22H32N4O3. The third-order valence-corrected chi connectivity index (χ3v) is 5.97. The van der Waals surface area contributed by atoms with Crippen molar-refractivity contribution in [1.29, 1.82) is 0 Å². The van der Waals surface area contributed by atoms with Gasteiger partial charge in [0.2, 0.25) is 0 Å². The number of nitrogens with zero attached hydrogens (tertiary/aromatic N) is 2. The molecule has 4 rings (SSSR count). The molecule has 0 aliphatic carbocycles. The van der Waals surface area contributed by atoms with Crippen LogP contribution in [-0.4, -0.2) is 69.5 Å². The number of amides is 1. The first kappa shape index (κ1) is 20.2. The van der Waals surface area contributed by atoms with Gasteiger partial charge in [0, 0.05) is 31.4 Å². The lowest BCUT2D eigenvalue weighted by Gasteiger charge is -2.35. The van der Waals surface area contributed by atoms with Crippen LogP contribution in [0, 0.1) is 0 Å². The van der Waals surface area contributed by atoms with Gasteiger partial charge in [-0.1, -0.05) is 6.08 Å². The molecule has 1 aromatic carbocycles. The van der Waals surface area contributed by atoms with Crippen molar-refractivity contribution in [3.8, 4) is 5.75 Å². The van der Waals surface area contributed by atoms with Gasteiger partial charge >= 0.3 is 0 Å². The summed E-state index contributed by atoms with van der Waals surface area (Å²) in [6.07, 6.45) is 8.75. The quantitative estimate of drug-likeness (QED) is 0.788. The lowest BCUT2D eigenvalue weighted by molar-refractivity contribution is -0.0499. The summed E-state index contributed by atoms with van der Waals surface area (Å²) in [6.45, 7) is 5.14. The van der Waals surface area contributed by atoms with Gasteiger partial charge in [-0.3, -0.25) is 10.1 Å². The van der Waals surface area contributed by atoms with Gasteiger partial charge in [-0.25, -0.2) is 0 Å². The lowest BCUT2D eigenvalue weighted by atomic mass is 10.0. The molecule has 158 valence electrons. The second-order valence-electron chi connectivity index (χ2n) is 7.93. The number of carbonyl (C=O) groups excluding carboxylic acids is 1. The van der Waals surface area contributed by atoms with Gasteiger partial charge in [0.15, 0.2) is 0 Å². The van der Waals surface area contributed by atoms with E-state index in [-0.39, 0.29) is 12.0 Å². The summed E-state index contributed by atoms with van der Waals surface area (Å²) < 4.78 is 11.8. The third-order valence-electron chi connectivity index (χ3n) is 5.97. The van der Waals surface area contributed by atoms with E-state index in [0.29, 0.717) is 18.3 Å². The minimum Gasteiger partial charge on any atom is -0.495 e. The summed E-state index contributed by atoms with van der Waals surface area (Å²) in [5.74, 6) is 0.854. The molecule has 1 amide bonds.